The monoisotopic (exact) mass is 413 g/mol. The molecule has 5 nitrogen and oxygen atoms in total. The molecule has 0 amide bonds. The van der Waals surface area contributed by atoms with Gasteiger partial charge < -0.3 is 4.57 Å². The molecule has 7 heteroatoms. The minimum Gasteiger partial charge on any atom is -0.328 e. The Labute approximate surface area is 170 Å². The third kappa shape index (κ3) is 4.41. The maximum absolute atomic E-state index is 13.1. The number of hydrogen-bond donors (Lipinski definition) is 1. The van der Waals surface area contributed by atoms with Crippen molar-refractivity contribution in [1.82, 2.24) is 14.3 Å². The number of sulfonamides is 1. The average molecular weight is 414 g/mol. The van der Waals surface area contributed by atoms with E-state index in [-0.39, 0.29) is 12.4 Å². The highest BCUT2D eigenvalue weighted by Crippen LogP contribution is 2.24. The topological polar surface area (TPSA) is 64.0 Å². The van der Waals surface area contributed by atoms with Crippen LogP contribution in [-0.4, -0.2) is 24.5 Å². The molecule has 1 aliphatic carbocycles. The van der Waals surface area contributed by atoms with Crippen LogP contribution in [0.25, 0.3) is 0 Å². The SMILES string of the molecule is Cc1cnc(CCNS(=O)(=O)c2ccc3c(c2)CCC3)n1Cc1ccc(F)cc1. The van der Waals surface area contributed by atoms with Crippen LogP contribution in [0, 0.1) is 12.7 Å². The van der Waals surface area contributed by atoms with Crippen LogP contribution in [0.5, 0.6) is 0 Å². The lowest BCUT2D eigenvalue weighted by Gasteiger charge is -2.12. The zero-order valence-corrected chi connectivity index (χ0v) is 17.2. The standard InChI is InChI=1S/C22H24FN3O2S/c1-16-14-24-22(26(16)15-17-5-8-20(23)9-6-17)11-12-25-29(27,28)21-10-7-18-3-2-4-19(18)13-21/h5-10,13-14,25H,2-4,11-12,15H2,1H3. The molecule has 3 aromatic rings. The summed E-state index contributed by atoms with van der Waals surface area (Å²) in [6, 6.07) is 11.8. The first-order valence-corrected chi connectivity index (χ1v) is 11.3. The van der Waals surface area contributed by atoms with E-state index >= 15 is 0 Å². The molecule has 1 heterocycles. The Balaban J connectivity index is 1.42. The molecule has 0 saturated carbocycles. The largest absolute Gasteiger partial charge is 0.328 e. The Kier molecular flexibility index (Phi) is 5.52. The van der Waals surface area contributed by atoms with E-state index in [2.05, 4.69) is 9.71 Å². The van der Waals surface area contributed by atoms with Crippen molar-refractivity contribution in [2.24, 2.45) is 0 Å². The Morgan fingerprint density at radius 2 is 1.86 bits per heavy atom. The van der Waals surface area contributed by atoms with Gasteiger partial charge in [-0.05, 0) is 67.1 Å². The van der Waals surface area contributed by atoms with E-state index in [1.54, 1.807) is 30.5 Å². The van der Waals surface area contributed by atoms with Crippen LogP contribution in [0.3, 0.4) is 0 Å². The highest BCUT2D eigenvalue weighted by Gasteiger charge is 2.18. The number of nitrogens with zero attached hydrogens (tertiary/aromatic N) is 2. The summed E-state index contributed by atoms with van der Waals surface area (Å²) < 4.78 is 43.2. The van der Waals surface area contributed by atoms with Gasteiger partial charge >= 0.3 is 0 Å². The van der Waals surface area contributed by atoms with Crippen LogP contribution < -0.4 is 4.72 Å². The lowest BCUT2D eigenvalue weighted by molar-refractivity contribution is 0.579. The van der Waals surface area contributed by atoms with E-state index in [9.17, 15) is 12.8 Å². The summed E-state index contributed by atoms with van der Waals surface area (Å²) in [6.07, 6.45) is 5.30. The molecule has 0 fully saturated rings. The van der Waals surface area contributed by atoms with Crippen molar-refractivity contribution < 1.29 is 12.8 Å². The smallest absolute Gasteiger partial charge is 0.240 e. The molecule has 1 N–H and O–H groups in total. The van der Waals surface area contributed by atoms with Crippen LogP contribution in [-0.2, 0) is 35.8 Å². The fourth-order valence-electron chi connectivity index (χ4n) is 3.79. The Hall–Kier alpha value is -2.51. The fraction of sp³-hybridized carbons (Fsp3) is 0.318. The summed E-state index contributed by atoms with van der Waals surface area (Å²) in [4.78, 5) is 4.75. The summed E-state index contributed by atoms with van der Waals surface area (Å²) in [5, 5.41) is 0. The molecule has 0 aliphatic heterocycles. The number of hydrogen-bond acceptors (Lipinski definition) is 3. The van der Waals surface area contributed by atoms with Gasteiger partial charge in [0.05, 0.1) is 4.90 Å². The van der Waals surface area contributed by atoms with Gasteiger partial charge in [-0.3, -0.25) is 0 Å². The number of benzene rings is 2. The van der Waals surface area contributed by atoms with E-state index in [4.69, 9.17) is 0 Å². The minimum atomic E-state index is -3.55. The number of aryl methyl sites for hydroxylation is 3. The molecule has 0 bridgehead atoms. The Morgan fingerprint density at radius 3 is 2.66 bits per heavy atom. The second-order valence-corrected chi connectivity index (χ2v) is 9.23. The van der Waals surface area contributed by atoms with Crippen LogP contribution in [0.1, 0.15) is 34.6 Å². The molecule has 4 rings (SSSR count). The number of imidazole rings is 1. The van der Waals surface area contributed by atoms with Crippen molar-refractivity contribution in [3.63, 3.8) is 0 Å². The van der Waals surface area contributed by atoms with E-state index in [1.165, 1.54) is 17.7 Å². The van der Waals surface area contributed by atoms with Crippen molar-refractivity contribution in [2.45, 2.75) is 44.0 Å². The summed E-state index contributed by atoms with van der Waals surface area (Å²) >= 11 is 0. The fourth-order valence-corrected chi connectivity index (χ4v) is 4.88. The maximum Gasteiger partial charge on any atom is 0.240 e. The zero-order chi connectivity index (χ0) is 20.4. The molecule has 0 atom stereocenters. The molecular formula is C22H24FN3O2S. The first kappa shape index (κ1) is 19.8. The third-order valence-corrected chi connectivity index (χ3v) is 6.87. The first-order chi connectivity index (χ1) is 13.9. The molecule has 29 heavy (non-hydrogen) atoms. The van der Waals surface area contributed by atoms with Crippen molar-refractivity contribution in [2.75, 3.05) is 6.54 Å². The molecule has 0 unspecified atom stereocenters. The van der Waals surface area contributed by atoms with Gasteiger partial charge in [-0.1, -0.05) is 18.2 Å². The van der Waals surface area contributed by atoms with Gasteiger partial charge in [0.1, 0.15) is 11.6 Å². The maximum atomic E-state index is 13.1. The second-order valence-electron chi connectivity index (χ2n) is 7.46. The van der Waals surface area contributed by atoms with E-state index in [1.807, 2.05) is 17.6 Å². The molecule has 0 spiro atoms. The van der Waals surface area contributed by atoms with Gasteiger partial charge in [-0.2, -0.15) is 0 Å². The van der Waals surface area contributed by atoms with Gasteiger partial charge in [0.2, 0.25) is 10.0 Å². The summed E-state index contributed by atoms with van der Waals surface area (Å²) in [5.41, 5.74) is 4.33. The molecule has 1 aliphatic rings. The minimum absolute atomic E-state index is 0.263. The van der Waals surface area contributed by atoms with Gasteiger partial charge in [-0.25, -0.2) is 22.5 Å². The second kappa shape index (κ2) is 8.08. The van der Waals surface area contributed by atoms with Gasteiger partial charge in [0.15, 0.2) is 0 Å². The highest BCUT2D eigenvalue weighted by atomic mass is 32.2. The predicted molar refractivity (Wildman–Crippen MR) is 110 cm³/mol. The number of nitrogens with one attached hydrogen (secondary N) is 1. The van der Waals surface area contributed by atoms with Crippen molar-refractivity contribution in [1.29, 1.82) is 0 Å². The quantitative estimate of drug-likeness (QED) is 0.646. The van der Waals surface area contributed by atoms with E-state index in [0.29, 0.717) is 17.9 Å². The summed E-state index contributed by atoms with van der Waals surface area (Å²) in [7, 11) is -3.55. The van der Waals surface area contributed by atoms with Gasteiger partial charge in [0.25, 0.3) is 0 Å². The average Bonchev–Trinajstić information content (AvgIpc) is 3.30. The number of halogens is 1. The van der Waals surface area contributed by atoms with Crippen molar-refractivity contribution in [3.05, 3.63) is 82.7 Å². The highest BCUT2D eigenvalue weighted by molar-refractivity contribution is 7.89. The van der Waals surface area contributed by atoms with E-state index < -0.39 is 10.0 Å². The Bertz CT molecular complexity index is 1120. The summed E-state index contributed by atoms with van der Waals surface area (Å²) in [6.45, 7) is 2.78. The predicted octanol–water partition coefficient (Wildman–Crippen LogP) is 3.39. The molecule has 0 saturated heterocycles. The molecule has 0 radical (unpaired) electrons. The van der Waals surface area contributed by atoms with Crippen LogP contribution in [0.15, 0.2) is 53.6 Å². The lowest BCUT2D eigenvalue weighted by Crippen LogP contribution is -2.27. The van der Waals surface area contributed by atoms with Crippen molar-refractivity contribution in [3.8, 4) is 0 Å². The summed E-state index contributed by atoms with van der Waals surface area (Å²) in [5.74, 6) is 0.528. The lowest BCUT2D eigenvalue weighted by atomic mass is 10.1. The number of aromatic nitrogens is 2. The Morgan fingerprint density at radius 1 is 1.10 bits per heavy atom. The number of rotatable bonds is 7. The van der Waals surface area contributed by atoms with Crippen molar-refractivity contribution >= 4 is 10.0 Å². The van der Waals surface area contributed by atoms with E-state index in [0.717, 1.165) is 41.9 Å². The molecular weight excluding hydrogens is 389 g/mol. The van der Waals surface area contributed by atoms with Crippen LogP contribution >= 0.6 is 0 Å². The number of fused-ring (bicyclic) bond motifs is 1. The van der Waals surface area contributed by atoms with Crippen LogP contribution in [0.4, 0.5) is 4.39 Å². The molecule has 152 valence electrons. The van der Waals surface area contributed by atoms with Gasteiger partial charge in [0, 0.05) is 31.4 Å². The first-order valence-electron chi connectivity index (χ1n) is 9.79. The normalized spacial score (nSPS) is 13.6. The molecule has 2 aromatic carbocycles. The van der Waals surface area contributed by atoms with Gasteiger partial charge in [-0.15, -0.1) is 0 Å². The zero-order valence-electron chi connectivity index (χ0n) is 16.4. The third-order valence-electron chi connectivity index (χ3n) is 5.41. The molecule has 1 aromatic heterocycles. The van der Waals surface area contributed by atoms with Crippen LogP contribution in [0.2, 0.25) is 0 Å².